The molecule has 0 saturated carbocycles. The molecule has 0 atom stereocenters. The lowest BCUT2D eigenvalue weighted by Crippen LogP contribution is -2.09. The van der Waals surface area contributed by atoms with Crippen LogP contribution < -0.4 is 4.90 Å². The monoisotopic (exact) mass is 730 g/mol. The number of oxazole rings is 1. The van der Waals surface area contributed by atoms with Crippen molar-refractivity contribution in [2.45, 2.75) is 0 Å². The molecule has 2 aromatic heterocycles. The highest BCUT2D eigenvalue weighted by Gasteiger charge is 2.22. The fourth-order valence-electron chi connectivity index (χ4n) is 8.10. The smallest absolute Gasteiger partial charge is 0.228 e. The van der Waals surface area contributed by atoms with Crippen molar-refractivity contribution >= 4 is 60.9 Å². The van der Waals surface area contributed by atoms with Crippen LogP contribution >= 0.6 is 0 Å². The first-order chi connectivity index (χ1) is 28.2. The lowest BCUT2D eigenvalue weighted by molar-refractivity contribution is 0.621. The summed E-state index contributed by atoms with van der Waals surface area (Å²) in [6.45, 7) is 0. The molecule has 11 aromatic rings. The Morgan fingerprint density at radius 2 is 0.860 bits per heavy atom. The number of hydrogen-bond donors (Lipinski definition) is 0. The van der Waals surface area contributed by atoms with Gasteiger partial charge in [0.2, 0.25) is 5.89 Å². The fraction of sp³-hybridized carbons (Fsp3) is 0. The molecule has 0 radical (unpaired) electrons. The Bertz CT molecular complexity index is 3170. The summed E-state index contributed by atoms with van der Waals surface area (Å²) in [4.78, 5) is 7.25. The molecule has 2 heterocycles. The van der Waals surface area contributed by atoms with E-state index in [1.165, 1.54) is 27.8 Å². The molecule has 0 unspecified atom stereocenters. The maximum Gasteiger partial charge on any atom is 0.228 e. The number of aromatic nitrogens is 1. The first-order valence-corrected chi connectivity index (χ1v) is 19.2. The molecule has 0 aliphatic carbocycles. The van der Waals surface area contributed by atoms with Crippen LogP contribution in [0, 0.1) is 0 Å². The van der Waals surface area contributed by atoms with Gasteiger partial charge in [-0.3, -0.25) is 0 Å². The van der Waals surface area contributed by atoms with Gasteiger partial charge in [-0.25, -0.2) is 4.98 Å². The number of furan rings is 1. The molecule has 0 fully saturated rings. The van der Waals surface area contributed by atoms with Gasteiger partial charge in [0, 0.05) is 33.9 Å². The van der Waals surface area contributed by atoms with Gasteiger partial charge in [0.05, 0.1) is 5.56 Å². The van der Waals surface area contributed by atoms with Crippen LogP contribution in [0.1, 0.15) is 0 Å². The maximum absolute atomic E-state index is 6.76. The van der Waals surface area contributed by atoms with Gasteiger partial charge in [0.1, 0.15) is 16.7 Å². The third-order valence-corrected chi connectivity index (χ3v) is 10.9. The molecule has 0 saturated heterocycles. The quantitative estimate of drug-likeness (QED) is 0.164. The largest absolute Gasteiger partial charge is 0.456 e. The minimum absolute atomic E-state index is 0.583. The van der Waals surface area contributed by atoms with Crippen LogP contribution in [0.15, 0.2) is 215 Å². The lowest BCUT2D eigenvalue weighted by atomic mass is 9.98. The predicted molar refractivity (Wildman–Crippen MR) is 235 cm³/mol. The number of nitrogens with zero attached hydrogens (tertiary/aromatic N) is 2. The molecule has 268 valence electrons. The van der Waals surface area contributed by atoms with Crippen molar-refractivity contribution in [3.05, 3.63) is 206 Å². The van der Waals surface area contributed by atoms with Crippen LogP contribution in [-0.4, -0.2) is 4.98 Å². The number of rotatable bonds is 7. The van der Waals surface area contributed by atoms with Crippen molar-refractivity contribution in [1.82, 2.24) is 4.98 Å². The molecule has 0 N–H and O–H groups in total. The second-order valence-corrected chi connectivity index (χ2v) is 14.4. The van der Waals surface area contributed by atoms with Gasteiger partial charge in [-0.15, -0.1) is 0 Å². The summed E-state index contributed by atoms with van der Waals surface area (Å²) in [5.74, 6) is 0.583. The zero-order chi connectivity index (χ0) is 37.7. The Morgan fingerprint density at radius 3 is 1.47 bits per heavy atom. The van der Waals surface area contributed by atoms with E-state index in [0.29, 0.717) is 5.89 Å². The lowest BCUT2D eigenvalue weighted by Gasteiger charge is -2.26. The summed E-state index contributed by atoms with van der Waals surface area (Å²) in [5.41, 5.74) is 14.3. The van der Waals surface area contributed by atoms with Gasteiger partial charge in [0.15, 0.2) is 5.58 Å². The summed E-state index contributed by atoms with van der Waals surface area (Å²) in [6.07, 6.45) is 0. The van der Waals surface area contributed by atoms with Crippen LogP contribution in [0.25, 0.3) is 88.6 Å². The molecular formula is C53H34N2O2. The van der Waals surface area contributed by atoms with E-state index >= 15 is 0 Å². The van der Waals surface area contributed by atoms with Crippen LogP contribution in [-0.2, 0) is 0 Å². The van der Waals surface area contributed by atoms with Gasteiger partial charge in [-0.05, 0) is 98.8 Å². The average molecular weight is 731 g/mol. The Labute approximate surface area is 329 Å². The van der Waals surface area contributed by atoms with E-state index in [9.17, 15) is 0 Å². The molecule has 0 aliphatic rings. The molecule has 9 aromatic carbocycles. The van der Waals surface area contributed by atoms with Gasteiger partial charge in [-0.2, -0.15) is 0 Å². The van der Waals surface area contributed by atoms with Crippen molar-refractivity contribution in [2.75, 3.05) is 4.90 Å². The maximum atomic E-state index is 6.76. The van der Waals surface area contributed by atoms with E-state index in [2.05, 4.69) is 175 Å². The highest BCUT2D eigenvalue weighted by molar-refractivity contribution is 6.20. The number of anilines is 3. The number of para-hydroxylation sites is 2. The molecular weight excluding hydrogens is 697 g/mol. The second kappa shape index (κ2) is 13.6. The first kappa shape index (κ1) is 32.7. The Hall–Kier alpha value is -7.69. The standard InChI is InChI=1S/C53H34N2O2/c1-3-11-35(12-4-1)37-19-21-38(22-20-37)40-25-29-43(30-26-40)55(42-27-23-39(24-28-42)36-13-5-2-6-14-36)44-31-32-46-49(34-44)56-50-33-41-15-7-8-16-45(41)52(51(46)50)53-54-47-17-9-10-18-48(47)57-53/h1-34H. The zero-order valence-corrected chi connectivity index (χ0v) is 30.8. The summed E-state index contributed by atoms with van der Waals surface area (Å²) in [6, 6.07) is 72.3. The summed E-state index contributed by atoms with van der Waals surface area (Å²) >= 11 is 0. The number of hydrogen-bond acceptors (Lipinski definition) is 4. The summed E-state index contributed by atoms with van der Waals surface area (Å²) < 4.78 is 13.2. The summed E-state index contributed by atoms with van der Waals surface area (Å²) in [7, 11) is 0. The van der Waals surface area contributed by atoms with Crippen molar-refractivity contribution in [3.63, 3.8) is 0 Å². The predicted octanol–water partition coefficient (Wildman–Crippen LogP) is 15.0. The summed E-state index contributed by atoms with van der Waals surface area (Å²) in [5, 5.41) is 4.13. The zero-order valence-electron chi connectivity index (χ0n) is 30.8. The normalized spacial score (nSPS) is 11.5. The third-order valence-electron chi connectivity index (χ3n) is 10.9. The van der Waals surface area contributed by atoms with E-state index in [1.807, 2.05) is 36.4 Å². The highest BCUT2D eigenvalue weighted by atomic mass is 16.3. The van der Waals surface area contributed by atoms with Crippen LogP contribution in [0.4, 0.5) is 17.1 Å². The first-order valence-electron chi connectivity index (χ1n) is 19.2. The van der Waals surface area contributed by atoms with E-state index in [-0.39, 0.29) is 0 Å². The molecule has 11 rings (SSSR count). The van der Waals surface area contributed by atoms with Gasteiger partial charge >= 0.3 is 0 Å². The SMILES string of the molecule is c1ccc(-c2ccc(-c3ccc(N(c4ccc(-c5ccccc5)cc4)c4ccc5c(c4)oc4cc6ccccc6c(-c6nc7ccccc7o6)c45)cc3)cc2)cc1. The van der Waals surface area contributed by atoms with Gasteiger partial charge in [-0.1, -0.05) is 146 Å². The van der Waals surface area contributed by atoms with Gasteiger partial charge in [0.25, 0.3) is 0 Å². The Morgan fingerprint density at radius 1 is 0.351 bits per heavy atom. The molecule has 0 amide bonds. The molecule has 4 nitrogen and oxygen atoms in total. The molecule has 57 heavy (non-hydrogen) atoms. The van der Waals surface area contributed by atoms with Crippen molar-refractivity contribution < 1.29 is 8.83 Å². The Kier molecular flexibility index (Phi) is 7.78. The Balaban J connectivity index is 1.03. The fourth-order valence-corrected chi connectivity index (χ4v) is 8.10. The average Bonchev–Trinajstić information content (AvgIpc) is 3.88. The van der Waals surface area contributed by atoms with Crippen molar-refractivity contribution in [1.29, 1.82) is 0 Å². The molecule has 0 spiro atoms. The van der Waals surface area contributed by atoms with Gasteiger partial charge < -0.3 is 13.7 Å². The molecule has 0 aliphatic heterocycles. The van der Waals surface area contributed by atoms with Crippen molar-refractivity contribution in [3.8, 4) is 44.8 Å². The van der Waals surface area contributed by atoms with E-state index in [1.54, 1.807) is 0 Å². The van der Waals surface area contributed by atoms with E-state index in [4.69, 9.17) is 13.8 Å². The minimum Gasteiger partial charge on any atom is -0.456 e. The number of fused-ring (bicyclic) bond motifs is 5. The van der Waals surface area contributed by atoms with Crippen LogP contribution in [0.3, 0.4) is 0 Å². The van der Waals surface area contributed by atoms with E-state index < -0.39 is 0 Å². The highest BCUT2D eigenvalue weighted by Crippen LogP contribution is 2.45. The van der Waals surface area contributed by atoms with Crippen LogP contribution in [0.5, 0.6) is 0 Å². The minimum atomic E-state index is 0.583. The van der Waals surface area contributed by atoms with Crippen molar-refractivity contribution in [2.24, 2.45) is 0 Å². The third kappa shape index (κ3) is 5.83. The number of benzene rings is 9. The topological polar surface area (TPSA) is 42.4 Å². The molecule has 4 heteroatoms. The second-order valence-electron chi connectivity index (χ2n) is 14.4. The van der Waals surface area contributed by atoms with Crippen LogP contribution in [0.2, 0.25) is 0 Å². The molecule has 0 bridgehead atoms. The van der Waals surface area contributed by atoms with E-state index in [0.717, 1.165) is 72.0 Å².